The summed E-state index contributed by atoms with van der Waals surface area (Å²) in [6, 6.07) is 21.1. The van der Waals surface area contributed by atoms with Gasteiger partial charge < -0.3 is 9.31 Å². The molecular weight excluding hydrogens is 314 g/mol. The number of hydrogen-bond donors (Lipinski definition) is 0. The van der Waals surface area contributed by atoms with Crippen LogP contribution >= 0.6 is 7.92 Å². The minimum atomic E-state index is -0.534. The maximum atomic E-state index is 6.49. The molecule has 1 heterocycles. The molecule has 1 aliphatic rings. The predicted molar refractivity (Wildman–Crippen MR) is 104 cm³/mol. The summed E-state index contributed by atoms with van der Waals surface area (Å²) in [6.07, 6.45) is 0. The van der Waals surface area contributed by atoms with Crippen molar-refractivity contribution < 1.29 is 9.31 Å². The third-order valence-electron chi connectivity index (χ3n) is 4.34. The largest absolute Gasteiger partial charge is 0.494 e. The van der Waals surface area contributed by atoms with E-state index < -0.39 is 7.92 Å². The normalized spacial score (nSPS) is 24.6. The number of hydrogen-bond acceptors (Lipinski definition) is 2. The van der Waals surface area contributed by atoms with Crippen LogP contribution in [0.5, 0.6) is 0 Å². The molecule has 1 saturated heterocycles. The Balaban J connectivity index is 1.96. The van der Waals surface area contributed by atoms with E-state index in [1.54, 1.807) is 0 Å². The van der Waals surface area contributed by atoms with Gasteiger partial charge in [0.1, 0.15) is 0 Å². The molecule has 1 aliphatic heterocycles. The fraction of sp³-hybridized carbons (Fsp3) is 0.400. The van der Waals surface area contributed by atoms with Gasteiger partial charge in [0, 0.05) is 0 Å². The van der Waals surface area contributed by atoms with Crippen molar-refractivity contribution in [2.45, 2.75) is 39.4 Å². The topological polar surface area (TPSA) is 18.5 Å². The van der Waals surface area contributed by atoms with Gasteiger partial charge in [-0.1, -0.05) is 88.4 Å². The van der Waals surface area contributed by atoms with Crippen LogP contribution in [-0.4, -0.2) is 18.8 Å². The molecule has 0 aromatic heterocycles. The SMILES string of the molecule is CC(C)C1OB(c2ccccc2)OC(C(C)C)P1c1ccccc1. The second kappa shape index (κ2) is 7.82. The predicted octanol–water partition coefficient (Wildman–Crippen LogP) is 4.20. The fourth-order valence-corrected chi connectivity index (χ4v) is 6.34. The Morgan fingerprint density at radius 3 is 1.67 bits per heavy atom. The molecule has 0 bridgehead atoms. The molecule has 2 nitrogen and oxygen atoms in total. The summed E-state index contributed by atoms with van der Waals surface area (Å²) in [6.45, 7) is 9.03. The number of rotatable bonds is 4. The van der Waals surface area contributed by atoms with Gasteiger partial charge in [-0.05, 0) is 30.5 Å². The maximum Gasteiger partial charge on any atom is 0.494 e. The van der Waals surface area contributed by atoms with Gasteiger partial charge in [-0.25, -0.2) is 0 Å². The van der Waals surface area contributed by atoms with Gasteiger partial charge in [0.05, 0.1) is 11.7 Å². The van der Waals surface area contributed by atoms with Crippen molar-refractivity contribution in [2.75, 3.05) is 0 Å². The van der Waals surface area contributed by atoms with E-state index in [4.69, 9.17) is 9.31 Å². The van der Waals surface area contributed by atoms with Crippen molar-refractivity contribution in [1.29, 1.82) is 0 Å². The third kappa shape index (κ3) is 3.74. The summed E-state index contributed by atoms with van der Waals surface area (Å²) in [5.41, 5.74) is 1.11. The van der Waals surface area contributed by atoms with Gasteiger partial charge in [0.2, 0.25) is 0 Å². The van der Waals surface area contributed by atoms with Crippen molar-refractivity contribution in [3.05, 3.63) is 60.7 Å². The lowest BCUT2D eigenvalue weighted by Gasteiger charge is -2.45. The van der Waals surface area contributed by atoms with Crippen LogP contribution in [0.3, 0.4) is 0 Å². The first-order chi connectivity index (χ1) is 11.6. The molecule has 2 aromatic carbocycles. The zero-order valence-corrected chi connectivity index (χ0v) is 15.8. The molecular formula is C20H26BO2P. The highest BCUT2D eigenvalue weighted by Crippen LogP contribution is 2.54. The van der Waals surface area contributed by atoms with Crippen LogP contribution in [0, 0.1) is 11.8 Å². The lowest BCUT2D eigenvalue weighted by Crippen LogP contribution is -2.51. The van der Waals surface area contributed by atoms with Gasteiger partial charge in [-0.3, -0.25) is 0 Å². The molecule has 3 rings (SSSR count). The first-order valence-electron chi connectivity index (χ1n) is 8.77. The Morgan fingerprint density at radius 2 is 1.21 bits per heavy atom. The molecule has 0 amide bonds. The molecule has 0 aliphatic carbocycles. The Kier molecular flexibility index (Phi) is 5.76. The number of benzene rings is 2. The summed E-state index contributed by atoms with van der Waals surface area (Å²) < 4.78 is 13.0. The van der Waals surface area contributed by atoms with E-state index in [0.717, 1.165) is 5.46 Å². The first kappa shape index (κ1) is 17.7. The smallest absolute Gasteiger partial charge is 0.400 e. The molecule has 0 spiro atoms. The minimum Gasteiger partial charge on any atom is -0.400 e. The zero-order valence-electron chi connectivity index (χ0n) is 14.9. The van der Waals surface area contributed by atoms with Crippen LogP contribution in [0.15, 0.2) is 60.7 Å². The van der Waals surface area contributed by atoms with E-state index in [1.807, 2.05) is 18.2 Å². The second-order valence-corrected chi connectivity index (χ2v) is 9.38. The summed E-state index contributed by atoms with van der Waals surface area (Å²) >= 11 is 0. The van der Waals surface area contributed by atoms with E-state index in [9.17, 15) is 0 Å². The quantitative estimate of drug-likeness (QED) is 0.613. The van der Waals surface area contributed by atoms with Gasteiger partial charge in [0.15, 0.2) is 0 Å². The first-order valence-corrected chi connectivity index (χ1v) is 10.2. The third-order valence-corrected chi connectivity index (χ3v) is 7.77. The average Bonchev–Trinajstić information content (AvgIpc) is 2.62. The molecule has 0 radical (unpaired) electrons. The molecule has 0 saturated carbocycles. The Bertz CT molecular complexity index is 615. The second-order valence-electron chi connectivity index (χ2n) is 7.03. The molecule has 2 unspecified atom stereocenters. The highest BCUT2D eigenvalue weighted by atomic mass is 31.1. The average molecular weight is 340 g/mol. The minimum absolute atomic E-state index is 0.203. The fourth-order valence-electron chi connectivity index (χ4n) is 3.18. The lowest BCUT2D eigenvalue weighted by atomic mass is 9.78. The van der Waals surface area contributed by atoms with Crippen LogP contribution < -0.4 is 10.8 Å². The molecule has 24 heavy (non-hydrogen) atoms. The molecule has 1 fully saturated rings. The summed E-state index contributed by atoms with van der Waals surface area (Å²) in [5.74, 6) is 1.31. The van der Waals surface area contributed by atoms with Crippen LogP contribution in [0.2, 0.25) is 0 Å². The molecule has 126 valence electrons. The van der Waals surface area contributed by atoms with E-state index >= 15 is 0 Å². The van der Waals surface area contributed by atoms with E-state index in [0.29, 0.717) is 11.8 Å². The zero-order chi connectivity index (χ0) is 17.1. The monoisotopic (exact) mass is 340 g/mol. The van der Waals surface area contributed by atoms with E-state index in [-0.39, 0.29) is 18.8 Å². The summed E-state index contributed by atoms with van der Waals surface area (Å²) in [7, 11) is -0.804. The highest BCUT2D eigenvalue weighted by molar-refractivity contribution is 7.67. The van der Waals surface area contributed by atoms with Crippen LogP contribution in [-0.2, 0) is 9.31 Å². The van der Waals surface area contributed by atoms with Crippen molar-refractivity contribution in [2.24, 2.45) is 11.8 Å². The summed E-state index contributed by atoms with van der Waals surface area (Å²) in [4.78, 5) is 0. The Labute approximate surface area is 147 Å². The van der Waals surface area contributed by atoms with Crippen molar-refractivity contribution in [3.8, 4) is 0 Å². The van der Waals surface area contributed by atoms with Crippen molar-refractivity contribution >= 4 is 25.8 Å². The van der Waals surface area contributed by atoms with Crippen molar-refractivity contribution in [1.82, 2.24) is 0 Å². The van der Waals surface area contributed by atoms with Gasteiger partial charge >= 0.3 is 7.12 Å². The van der Waals surface area contributed by atoms with Crippen LogP contribution in [0.25, 0.3) is 0 Å². The Hall–Kier alpha value is -1.15. The molecule has 2 aromatic rings. The highest BCUT2D eigenvalue weighted by Gasteiger charge is 2.45. The molecule has 4 heteroatoms. The molecule has 2 atom stereocenters. The van der Waals surface area contributed by atoms with Gasteiger partial charge in [-0.15, -0.1) is 0 Å². The molecule has 0 N–H and O–H groups in total. The van der Waals surface area contributed by atoms with E-state index in [1.165, 1.54) is 5.30 Å². The Morgan fingerprint density at radius 1 is 0.750 bits per heavy atom. The van der Waals surface area contributed by atoms with Gasteiger partial charge in [0.25, 0.3) is 0 Å². The standard InChI is InChI=1S/C20H26BO2P/c1-15(2)19-22-21(17-11-7-5-8-12-17)23-20(16(3)4)24(19)18-13-9-6-10-14-18/h5-16,19-20H,1-4H3. The van der Waals surface area contributed by atoms with Crippen LogP contribution in [0.1, 0.15) is 27.7 Å². The van der Waals surface area contributed by atoms with Gasteiger partial charge in [-0.2, -0.15) is 0 Å². The van der Waals surface area contributed by atoms with Crippen molar-refractivity contribution in [3.63, 3.8) is 0 Å². The van der Waals surface area contributed by atoms with Crippen LogP contribution in [0.4, 0.5) is 0 Å². The van der Waals surface area contributed by atoms with E-state index in [2.05, 4.69) is 70.2 Å². The maximum absolute atomic E-state index is 6.49. The summed E-state index contributed by atoms with van der Waals surface area (Å²) in [5, 5.41) is 1.37. The lowest BCUT2D eigenvalue weighted by molar-refractivity contribution is 0.107.